The molecule has 1 aliphatic heterocycles. The van der Waals surface area contributed by atoms with Crippen molar-refractivity contribution < 1.29 is 15.0 Å². The fourth-order valence-corrected chi connectivity index (χ4v) is 3.01. The molecule has 5 nitrogen and oxygen atoms in total. The second kappa shape index (κ2) is 8.36. The predicted molar refractivity (Wildman–Crippen MR) is 86.1 cm³/mol. The highest BCUT2D eigenvalue weighted by atomic mass is 35.5. The Balaban J connectivity index is 1.74. The number of halogens is 1. The number of likely N-dealkylation sites (tertiary alicyclic amines) is 1. The highest BCUT2D eigenvalue weighted by Gasteiger charge is 2.20. The second-order valence-electron chi connectivity index (χ2n) is 5.68. The molecule has 0 bridgehead atoms. The largest absolute Gasteiger partial charge is 0.506 e. The summed E-state index contributed by atoms with van der Waals surface area (Å²) in [6.07, 6.45) is 3.58. The number of phenols is 1. The molecule has 0 aliphatic carbocycles. The summed E-state index contributed by atoms with van der Waals surface area (Å²) in [5.41, 5.74) is 0.770. The first-order valence-electron chi connectivity index (χ1n) is 7.69. The molecule has 1 fully saturated rings. The number of benzene rings is 1. The van der Waals surface area contributed by atoms with Crippen LogP contribution in [0.4, 0.5) is 0 Å². The van der Waals surface area contributed by atoms with Crippen molar-refractivity contribution in [1.82, 2.24) is 10.2 Å². The van der Waals surface area contributed by atoms with Gasteiger partial charge in [0.25, 0.3) is 0 Å². The number of aliphatic hydroxyl groups excluding tert-OH is 1. The van der Waals surface area contributed by atoms with E-state index in [1.807, 2.05) is 0 Å². The van der Waals surface area contributed by atoms with Gasteiger partial charge in [-0.1, -0.05) is 24.1 Å². The maximum absolute atomic E-state index is 11.9. The van der Waals surface area contributed by atoms with Crippen LogP contribution in [0.15, 0.2) is 18.2 Å². The molecule has 1 unspecified atom stereocenters. The van der Waals surface area contributed by atoms with Crippen LogP contribution in [0.2, 0.25) is 5.02 Å². The summed E-state index contributed by atoms with van der Waals surface area (Å²) < 4.78 is 0. The van der Waals surface area contributed by atoms with Crippen molar-refractivity contribution in [2.45, 2.75) is 31.7 Å². The summed E-state index contributed by atoms with van der Waals surface area (Å²) in [7, 11) is 0. The maximum Gasteiger partial charge on any atom is 0.224 e. The van der Waals surface area contributed by atoms with Gasteiger partial charge in [-0.3, -0.25) is 9.69 Å². The van der Waals surface area contributed by atoms with Crippen LogP contribution in [0.3, 0.4) is 0 Å². The Kier molecular flexibility index (Phi) is 6.49. The number of nitrogens with zero attached hydrogens (tertiary/aromatic N) is 1. The molecule has 1 aliphatic rings. The number of piperidine rings is 1. The molecule has 122 valence electrons. The lowest BCUT2D eigenvalue weighted by Crippen LogP contribution is -2.45. The van der Waals surface area contributed by atoms with Gasteiger partial charge in [-0.05, 0) is 37.1 Å². The fraction of sp³-hybridized carbons (Fsp3) is 0.562. The molecule has 1 heterocycles. The van der Waals surface area contributed by atoms with E-state index in [9.17, 15) is 15.0 Å². The summed E-state index contributed by atoms with van der Waals surface area (Å²) in [5, 5.41) is 21.8. The zero-order valence-corrected chi connectivity index (χ0v) is 13.4. The normalized spacial score (nSPS) is 19.1. The minimum atomic E-state index is -0.0701. The quantitative estimate of drug-likeness (QED) is 0.741. The molecule has 0 aromatic heterocycles. The lowest BCUT2D eigenvalue weighted by atomic mass is 10.0. The number of aromatic hydroxyl groups is 1. The monoisotopic (exact) mass is 326 g/mol. The van der Waals surface area contributed by atoms with Gasteiger partial charge in [0.2, 0.25) is 5.91 Å². The van der Waals surface area contributed by atoms with Crippen molar-refractivity contribution in [2.24, 2.45) is 0 Å². The minimum Gasteiger partial charge on any atom is -0.506 e. The van der Waals surface area contributed by atoms with Gasteiger partial charge in [0.1, 0.15) is 5.75 Å². The highest BCUT2D eigenvalue weighted by molar-refractivity contribution is 6.32. The summed E-state index contributed by atoms with van der Waals surface area (Å²) >= 11 is 5.82. The van der Waals surface area contributed by atoms with E-state index in [0.29, 0.717) is 6.54 Å². The zero-order chi connectivity index (χ0) is 15.9. The number of phenolic OH excluding ortho intramolecular Hbond substituents is 1. The topological polar surface area (TPSA) is 72.8 Å². The van der Waals surface area contributed by atoms with Crippen LogP contribution in [0.5, 0.6) is 5.75 Å². The third kappa shape index (κ3) is 4.87. The molecule has 3 N–H and O–H groups in total. The number of nitrogens with one attached hydrogen (secondary N) is 1. The lowest BCUT2D eigenvalue weighted by Gasteiger charge is -2.34. The zero-order valence-electron chi connectivity index (χ0n) is 12.6. The Hall–Kier alpha value is -1.30. The van der Waals surface area contributed by atoms with E-state index in [1.54, 1.807) is 12.1 Å². The van der Waals surface area contributed by atoms with Crippen molar-refractivity contribution in [2.75, 3.05) is 26.2 Å². The first-order valence-corrected chi connectivity index (χ1v) is 8.07. The van der Waals surface area contributed by atoms with E-state index < -0.39 is 0 Å². The first-order chi connectivity index (χ1) is 10.6. The van der Waals surface area contributed by atoms with Crippen molar-refractivity contribution >= 4 is 17.5 Å². The minimum absolute atomic E-state index is 0.0194. The van der Waals surface area contributed by atoms with Gasteiger partial charge < -0.3 is 15.5 Å². The molecular formula is C16H23ClN2O3. The van der Waals surface area contributed by atoms with Gasteiger partial charge in [-0.2, -0.15) is 0 Å². The number of carbonyl (C=O) groups is 1. The molecule has 2 rings (SSSR count). The average molecular weight is 327 g/mol. The van der Waals surface area contributed by atoms with Crippen molar-refractivity contribution in [3.8, 4) is 5.75 Å². The van der Waals surface area contributed by atoms with Gasteiger partial charge in [-0.25, -0.2) is 0 Å². The van der Waals surface area contributed by atoms with Crippen LogP contribution in [0.25, 0.3) is 0 Å². The van der Waals surface area contributed by atoms with Crippen LogP contribution in [-0.4, -0.2) is 53.3 Å². The molecule has 0 spiro atoms. The molecule has 0 saturated carbocycles. The predicted octanol–water partition coefficient (Wildman–Crippen LogP) is 1.55. The smallest absolute Gasteiger partial charge is 0.224 e. The standard InChI is InChI=1S/C16H23ClN2O3/c17-14-9-12(4-5-15(14)21)10-16(22)18-6-8-19-7-2-1-3-13(19)11-20/h4-5,9,13,20-21H,1-3,6-8,10-11H2,(H,18,22). The van der Waals surface area contributed by atoms with Crippen LogP contribution in [0, 0.1) is 0 Å². The molecule has 1 aromatic carbocycles. The van der Waals surface area contributed by atoms with Crippen LogP contribution < -0.4 is 5.32 Å². The summed E-state index contributed by atoms with van der Waals surface area (Å²) in [5.74, 6) is -0.0507. The number of amides is 1. The lowest BCUT2D eigenvalue weighted by molar-refractivity contribution is -0.120. The molecule has 22 heavy (non-hydrogen) atoms. The summed E-state index contributed by atoms with van der Waals surface area (Å²) in [4.78, 5) is 14.2. The Morgan fingerprint density at radius 2 is 2.23 bits per heavy atom. The van der Waals surface area contributed by atoms with Gasteiger partial charge in [0, 0.05) is 19.1 Å². The Bertz CT molecular complexity index is 510. The van der Waals surface area contributed by atoms with Gasteiger partial charge in [0.15, 0.2) is 0 Å². The van der Waals surface area contributed by atoms with Gasteiger partial charge in [-0.15, -0.1) is 0 Å². The van der Waals surface area contributed by atoms with Crippen molar-refractivity contribution in [1.29, 1.82) is 0 Å². The molecule has 6 heteroatoms. The number of hydrogen-bond donors (Lipinski definition) is 3. The number of aliphatic hydroxyl groups is 1. The second-order valence-corrected chi connectivity index (χ2v) is 6.09. The summed E-state index contributed by atoms with van der Waals surface area (Å²) in [6, 6.07) is 5.00. The average Bonchev–Trinajstić information content (AvgIpc) is 2.51. The van der Waals surface area contributed by atoms with Gasteiger partial charge >= 0.3 is 0 Å². The van der Waals surface area contributed by atoms with Gasteiger partial charge in [0.05, 0.1) is 18.1 Å². The molecule has 0 radical (unpaired) electrons. The Morgan fingerprint density at radius 1 is 1.41 bits per heavy atom. The summed E-state index contributed by atoms with van der Waals surface area (Å²) in [6.45, 7) is 2.49. The van der Waals surface area contributed by atoms with Crippen LogP contribution in [0.1, 0.15) is 24.8 Å². The molecule has 1 atom stereocenters. The molecule has 1 amide bonds. The third-order valence-electron chi connectivity index (χ3n) is 4.06. The maximum atomic E-state index is 11.9. The van der Waals surface area contributed by atoms with E-state index in [0.717, 1.165) is 37.9 Å². The SMILES string of the molecule is O=C(Cc1ccc(O)c(Cl)c1)NCCN1CCCCC1CO. The Labute approximate surface area is 135 Å². The van der Waals surface area contributed by atoms with E-state index >= 15 is 0 Å². The van der Waals surface area contributed by atoms with Crippen molar-refractivity contribution in [3.05, 3.63) is 28.8 Å². The van der Waals surface area contributed by atoms with E-state index in [1.165, 1.54) is 6.07 Å². The van der Waals surface area contributed by atoms with E-state index in [-0.39, 0.29) is 35.7 Å². The third-order valence-corrected chi connectivity index (χ3v) is 4.36. The Morgan fingerprint density at radius 3 is 2.95 bits per heavy atom. The van der Waals surface area contributed by atoms with Crippen molar-refractivity contribution in [3.63, 3.8) is 0 Å². The number of carbonyl (C=O) groups excluding carboxylic acids is 1. The van der Waals surface area contributed by atoms with Crippen LogP contribution >= 0.6 is 11.6 Å². The molecule has 1 saturated heterocycles. The highest BCUT2D eigenvalue weighted by Crippen LogP contribution is 2.23. The molecule has 1 aromatic rings. The fourth-order valence-electron chi connectivity index (χ4n) is 2.81. The first kappa shape index (κ1) is 17.1. The van der Waals surface area contributed by atoms with Crippen LogP contribution in [-0.2, 0) is 11.2 Å². The number of hydrogen-bond acceptors (Lipinski definition) is 4. The van der Waals surface area contributed by atoms with E-state index in [4.69, 9.17) is 11.6 Å². The number of rotatable bonds is 6. The molecular weight excluding hydrogens is 304 g/mol. The van der Waals surface area contributed by atoms with E-state index in [2.05, 4.69) is 10.2 Å².